The second-order valence-corrected chi connectivity index (χ2v) is 6.32. The smallest absolute Gasteiger partial charge is 0.310 e. The van der Waals surface area contributed by atoms with Gasteiger partial charge in [0.2, 0.25) is 0 Å². The molecular formula is C13H19N3O2S. The molecule has 19 heavy (non-hydrogen) atoms. The zero-order chi connectivity index (χ0) is 13.6. The van der Waals surface area contributed by atoms with Gasteiger partial charge in [0.25, 0.3) is 0 Å². The number of rotatable bonds is 3. The molecule has 2 unspecified atom stereocenters. The van der Waals surface area contributed by atoms with E-state index in [1.54, 1.807) is 0 Å². The van der Waals surface area contributed by atoms with Gasteiger partial charge in [0, 0.05) is 18.7 Å². The third-order valence-electron chi connectivity index (χ3n) is 4.13. The number of hydrogen-bond donors (Lipinski definition) is 1. The van der Waals surface area contributed by atoms with Crippen molar-refractivity contribution in [1.29, 1.82) is 0 Å². The quantitative estimate of drug-likeness (QED) is 0.856. The average Bonchev–Trinajstić information content (AvgIpc) is 3.05. The number of nitrogens with two attached hydrogens (primary N) is 1. The summed E-state index contributed by atoms with van der Waals surface area (Å²) in [6.45, 7) is 3.69. The number of methoxy groups -OCH3 is 1. The Morgan fingerprint density at radius 1 is 1.47 bits per heavy atom. The third-order valence-corrected chi connectivity index (χ3v) is 5.06. The normalized spacial score (nSPS) is 26.7. The number of aromatic nitrogens is 1. The van der Waals surface area contributed by atoms with Crippen LogP contribution in [0, 0.1) is 11.8 Å². The molecule has 3 rings (SSSR count). The molecule has 6 heteroatoms. The summed E-state index contributed by atoms with van der Waals surface area (Å²) in [5, 5.41) is 1.17. The van der Waals surface area contributed by atoms with Crippen LogP contribution in [0.5, 0.6) is 0 Å². The summed E-state index contributed by atoms with van der Waals surface area (Å²) in [5.41, 5.74) is 7.20. The first-order valence-corrected chi connectivity index (χ1v) is 7.47. The molecule has 1 saturated heterocycles. The summed E-state index contributed by atoms with van der Waals surface area (Å²) in [5.74, 6) is 1.42. The van der Waals surface area contributed by atoms with Gasteiger partial charge in [-0.3, -0.25) is 4.79 Å². The van der Waals surface area contributed by atoms with Gasteiger partial charge in [-0.25, -0.2) is 0 Å². The van der Waals surface area contributed by atoms with Gasteiger partial charge >= 0.3 is 5.97 Å². The van der Waals surface area contributed by atoms with Gasteiger partial charge in [0.1, 0.15) is 10.8 Å². The highest BCUT2D eigenvalue weighted by molar-refractivity contribution is 7.10. The van der Waals surface area contributed by atoms with Gasteiger partial charge in [-0.2, -0.15) is 4.37 Å². The van der Waals surface area contributed by atoms with E-state index in [-0.39, 0.29) is 11.9 Å². The van der Waals surface area contributed by atoms with E-state index in [0.717, 1.165) is 13.1 Å². The molecule has 1 aliphatic heterocycles. The molecule has 1 aliphatic carbocycles. The second-order valence-electron chi connectivity index (χ2n) is 5.57. The molecule has 1 aromatic heterocycles. The number of nitrogens with zero attached hydrogens (tertiary/aromatic N) is 2. The van der Waals surface area contributed by atoms with Gasteiger partial charge in [-0.05, 0) is 36.2 Å². The van der Waals surface area contributed by atoms with Crippen molar-refractivity contribution in [3.8, 4) is 0 Å². The molecule has 2 atom stereocenters. The molecule has 1 saturated carbocycles. The van der Waals surface area contributed by atoms with Crippen molar-refractivity contribution in [2.24, 2.45) is 11.8 Å². The summed E-state index contributed by atoms with van der Waals surface area (Å²) >= 11 is 1.46. The first-order valence-electron chi connectivity index (χ1n) is 6.69. The SMILES string of the molecule is COC(=O)C1CN(c2snc(N)c2C2CC2)CC1C. The van der Waals surface area contributed by atoms with E-state index in [4.69, 9.17) is 10.5 Å². The molecule has 1 aromatic rings. The minimum absolute atomic E-state index is 0.0413. The van der Waals surface area contributed by atoms with Crippen LogP contribution in [0.1, 0.15) is 31.2 Å². The third kappa shape index (κ3) is 2.18. The van der Waals surface area contributed by atoms with Crippen molar-refractivity contribution < 1.29 is 9.53 Å². The molecular weight excluding hydrogens is 262 g/mol. The van der Waals surface area contributed by atoms with Crippen LogP contribution in [-0.2, 0) is 9.53 Å². The van der Waals surface area contributed by atoms with Crippen LogP contribution in [0.3, 0.4) is 0 Å². The van der Waals surface area contributed by atoms with E-state index >= 15 is 0 Å². The summed E-state index contributed by atoms with van der Waals surface area (Å²) in [6, 6.07) is 0. The van der Waals surface area contributed by atoms with Crippen LogP contribution in [-0.4, -0.2) is 30.5 Å². The average molecular weight is 281 g/mol. The molecule has 2 N–H and O–H groups in total. The number of anilines is 2. The largest absolute Gasteiger partial charge is 0.469 e. The highest BCUT2D eigenvalue weighted by atomic mass is 32.1. The lowest BCUT2D eigenvalue weighted by Gasteiger charge is -2.17. The van der Waals surface area contributed by atoms with Gasteiger partial charge < -0.3 is 15.4 Å². The van der Waals surface area contributed by atoms with Gasteiger partial charge in [-0.1, -0.05) is 6.92 Å². The van der Waals surface area contributed by atoms with Crippen molar-refractivity contribution in [1.82, 2.24) is 4.37 Å². The molecule has 0 spiro atoms. The summed E-state index contributed by atoms with van der Waals surface area (Å²) < 4.78 is 9.18. The molecule has 0 aromatic carbocycles. The van der Waals surface area contributed by atoms with Gasteiger partial charge in [0.15, 0.2) is 0 Å². The summed E-state index contributed by atoms with van der Waals surface area (Å²) in [4.78, 5) is 14.0. The van der Waals surface area contributed by atoms with E-state index in [0.29, 0.717) is 17.7 Å². The Bertz CT molecular complexity index is 498. The second kappa shape index (κ2) is 4.67. The number of nitrogen functional groups attached to an aromatic ring is 1. The zero-order valence-electron chi connectivity index (χ0n) is 11.3. The summed E-state index contributed by atoms with van der Waals surface area (Å²) in [7, 11) is 1.46. The van der Waals surface area contributed by atoms with Crippen molar-refractivity contribution in [2.45, 2.75) is 25.7 Å². The molecule has 5 nitrogen and oxygen atoms in total. The van der Waals surface area contributed by atoms with Crippen molar-refractivity contribution in [3.05, 3.63) is 5.56 Å². The van der Waals surface area contributed by atoms with Gasteiger partial charge in [0.05, 0.1) is 13.0 Å². The Labute approximate surface area is 116 Å². The molecule has 2 aliphatic rings. The van der Waals surface area contributed by atoms with Crippen LogP contribution >= 0.6 is 11.5 Å². The molecule has 0 amide bonds. The lowest BCUT2D eigenvalue weighted by atomic mass is 9.99. The Kier molecular flexibility index (Phi) is 3.12. The van der Waals surface area contributed by atoms with E-state index in [2.05, 4.69) is 16.2 Å². The van der Waals surface area contributed by atoms with Crippen LogP contribution in [0.4, 0.5) is 10.8 Å². The minimum atomic E-state index is -0.111. The van der Waals surface area contributed by atoms with E-state index < -0.39 is 0 Å². The standard InChI is InChI=1S/C13H19N3O2S/c1-7-5-16(6-9(7)13(17)18-2)12-10(8-3-4-8)11(14)15-19-12/h7-9H,3-6H2,1-2H3,(H2,14,15). The molecule has 104 valence electrons. The number of ether oxygens (including phenoxy) is 1. The fourth-order valence-corrected chi connectivity index (χ4v) is 3.79. The Morgan fingerprint density at radius 2 is 2.21 bits per heavy atom. The number of hydrogen-bond acceptors (Lipinski definition) is 6. The highest BCUT2D eigenvalue weighted by Gasteiger charge is 2.39. The van der Waals surface area contributed by atoms with Gasteiger partial charge in [-0.15, -0.1) is 0 Å². The van der Waals surface area contributed by atoms with E-state index in [9.17, 15) is 4.79 Å². The lowest BCUT2D eigenvalue weighted by Crippen LogP contribution is -2.24. The van der Waals surface area contributed by atoms with Crippen molar-refractivity contribution in [2.75, 3.05) is 30.8 Å². The van der Waals surface area contributed by atoms with Crippen LogP contribution < -0.4 is 10.6 Å². The fraction of sp³-hybridized carbons (Fsp3) is 0.692. The Hall–Kier alpha value is -1.30. The van der Waals surface area contributed by atoms with Crippen molar-refractivity contribution >= 4 is 28.3 Å². The summed E-state index contributed by atoms with van der Waals surface area (Å²) in [6.07, 6.45) is 2.42. The molecule has 0 bridgehead atoms. The zero-order valence-corrected chi connectivity index (χ0v) is 12.1. The first-order chi connectivity index (χ1) is 9.11. The Balaban J connectivity index is 1.82. The fourth-order valence-electron chi connectivity index (χ4n) is 2.87. The monoisotopic (exact) mass is 281 g/mol. The van der Waals surface area contributed by atoms with E-state index in [1.165, 1.54) is 42.0 Å². The predicted molar refractivity (Wildman–Crippen MR) is 75.4 cm³/mol. The number of esters is 1. The first kappa shape index (κ1) is 12.7. The van der Waals surface area contributed by atoms with E-state index in [1.807, 2.05) is 0 Å². The topological polar surface area (TPSA) is 68.5 Å². The molecule has 0 radical (unpaired) electrons. The Morgan fingerprint density at radius 3 is 2.84 bits per heavy atom. The molecule has 2 heterocycles. The van der Waals surface area contributed by atoms with Crippen LogP contribution in [0.15, 0.2) is 0 Å². The molecule has 2 fully saturated rings. The van der Waals surface area contributed by atoms with Crippen LogP contribution in [0.2, 0.25) is 0 Å². The maximum Gasteiger partial charge on any atom is 0.310 e. The maximum atomic E-state index is 11.8. The van der Waals surface area contributed by atoms with Crippen LogP contribution in [0.25, 0.3) is 0 Å². The number of carbonyl (C=O) groups is 1. The number of carbonyl (C=O) groups excluding carboxylic acids is 1. The minimum Gasteiger partial charge on any atom is -0.469 e. The predicted octanol–water partition coefficient (Wildman–Crippen LogP) is 1.85. The van der Waals surface area contributed by atoms with Crippen molar-refractivity contribution in [3.63, 3.8) is 0 Å². The highest BCUT2D eigenvalue weighted by Crippen LogP contribution is 2.49. The lowest BCUT2D eigenvalue weighted by molar-refractivity contribution is -0.145. The maximum absolute atomic E-state index is 11.8.